The number of aromatic carboxylic acids is 1. The summed E-state index contributed by atoms with van der Waals surface area (Å²) in [4.78, 5) is 22.0. The molecule has 12 aromatic rings. The number of benzene rings is 4. The molecule has 116 heavy (non-hydrogen) atoms. The Labute approximate surface area is 681 Å². The predicted molar refractivity (Wildman–Crippen MR) is 439 cm³/mol. The van der Waals surface area contributed by atoms with E-state index in [1.165, 1.54) is 40.5 Å². The predicted octanol–water partition coefficient (Wildman–Crippen LogP) is 6.23. The number of carbonyl (C=O) groups excluding carboxylic acids is 1. The van der Waals surface area contributed by atoms with E-state index in [0.717, 1.165) is 50.6 Å². The summed E-state index contributed by atoms with van der Waals surface area (Å²) in [6.45, 7) is 18.1. The maximum atomic E-state index is 11.4. The van der Waals surface area contributed by atoms with E-state index >= 15 is 0 Å². The summed E-state index contributed by atoms with van der Waals surface area (Å²) in [5.74, 6) is -3.23. The van der Waals surface area contributed by atoms with Crippen LogP contribution in [0.25, 0.3) is 33.8 Å². The smallest absolute Gasteiger partial charge is 0.478 e. The van der Waals surface area contributed by atoms with E-state index in [9.17, 15) is 69.9 Å². The van der Waals surface area contributed by atoms with Crippen molar-refractivity contribution < 1.29 is 84.5 Å². The van der Waals surface area contributed by atoms with Crippen molar-refractivity contribution in [1.82, 2.24) is 90.0 Å². The zero-order valence-corrected chi connectivity index (χ0v) is 67.3. The van der Waals surface area contributed by atoms with E-state index in [4.69, 9.17) is 14.6 Å². The molecule has 0 radical (unpaired) electrons. The Morgan fingerprint density at radius 1 is 0.379 bits per heavy atom. The molecular weight excluding hydrogens is 1530 g/mol. The molecular formula is C73H98B6N18O17S2. The van der Waals surface area contributed by atoms with Gasteiger partial charge in [0, 0.05) is 27.5 Å². The lowest BCUT2D eigenvalue weighted by Crippen LogP contribution is -2.31. The summed E-state index contributed by atoms with van der Waals surface area (Å²) in [6.07, 6.45) is 12.7. The minimum atomic E-state index is -1.59. The maximum absolute atomic E-state index is 11.4. The number of aromatic nitrogens is 18. The molecule has 612 valence electrons. The van der Waals surface area contributed by atoms with E-state index in [0.29, 0.717) is 56.1 Å². The van der Waals surface area contributed by atoms with Gasteiger partial charge in [0.15, 0.2) is 11.4 Å². The van der Waals surface area contributed by atoms with Crippen LogP contribution < -0.4 is 4.74 Å². The molecule has 8 aromatic heterocycles. The average Bonchev–Trinajstić information content (AvgIpc) is 1.72. The molecule has 0 aliphatic rings. The Hall–Kier alpha value is -10.2. The summed E-state index contributed by atoms with van der Waals surface area (Å²) in [7, 11) is -9.04. The molecule has 0 spiro atoms. The van der Waals surface area contributed by atoms with Crippen LogP contribution in [-0.2, 0) is 24.2 Å². The minimum absolute atomic E-state index is 0.0613. The van der Waals surface area contributed by atoms with Gasteiger partial charge in [-0.3, -0.25) is 28.1 Å². The number of carboxylic acid groups (broad SMARTS) is 1. The van der Waals surface area contributed by atoms with Gasteiger partial charge in [-0.05, 0) is 115 Å². The van der Waals surface area contributed by atoms with Gasteiger partial charge in [0.1, 0.15) is 35.1 Å². The summed E-state index contributed by atoms with van der Waals surface area (Å²) >= 11 is 3.18. The van der Waals surface area contributed by atoms with E-state index in [-0.39, 0.29) is 36.4 Å². The van der Waals surface area contributed by atoms with Gasteiger partial charge < -0.3 is 74.9 Å². The monoisotopic (exact) mass is 1630 g/mol. The van der Waals surface area contributed by atoms with Crippen LogP contribution in [0.5, 0.6) is 5.75 Å². The number of carbonyl (C=O) groups is 2. The molecule has 6 unspecified atom stereocenters. The zero-order valence-electron chi connectivity index (χ0n) is 65.7. The summed E-state index contributed by atoms with van der Waals surface area (Å²) in [5.41, 5.74) is 7.65. The van der Waals surface area contributed by atoms with Gasteiger partial charge in [0.25, 0.3) is 0 Å². The number of carboxylic acids is 1. The van der Waals surface area contributed by atoms with Gasteiger partial charge in [-0.2, -0.15) is 22.7 Å². The summed E-state index contributed by atoms with van der Waals surface area (Å²) < 4.78 is 18.9. The van der Waals surface area contributed by atoms with Crippen molar-refractivity contribution in [2.24, 2.45) is 23.7 Å². The van der Waals surface area contributed by atoms with Crippen LogP contribution in [0.2, 0.25) is 0 Å². The largest absolute Gasteiger partial charge is 0.487 e. The van der Waals surface area contributed by atoms with Crippen LogP contribution in [0.4, 0.5) is 0 Å². The molecule has 35 nitrogen and oxygen atoms in total. The number of hydrogen-bond acceptors (Lipinski definition) is 30. The van der Waals surface area contributed by atoms with Crippen LogP contribution in [-0.4, -0.2) is 217 Å². The molecule has 0 saturated carbocycles. The van der Waals surface area contributed by atoms with Crippen LogP contribution in [0, 0.1) is 23.7 Å². The third-order valence-corrected chi connectivity index (χ3v) is 18.5. The van der Waals surface area contributed by atoms with Gasteiger partial charge in [0.05, 0.1) is 79.4 Å². The molecule has 13 N–H and O–H groups in total. The first kappa shape index (κ1) is 92.9. The molecule has 8 heterocycles. The van der Waals surface area contributed by atoms with Crippen molar-refractivity contribution >= 4 is 77.3 Å². The number of nitrogens with zero attached hydrogens (tertiary/aromatic N) is 18. The van der Waals surface area contributed by atoms with E-state index in [1.807, 2.05) is 210 Å². The Balaban J connectivity index is 0.000000193. The first-order valence-corrected chi connectivity index (χ1v) is 39.3. The van der Waals surface area contributed by atoms with Gasteiger partial charge in [-0.15, -0.1) is 30.6 Å². The molecule has 0 bridgehead atoms. The van der Waals surface area contributed by atoms with Gasteiger partial charge in [-0.1, -0.05) is 196 Å². The van der Waals surface area contributed by atoms with Crippen LogP contribution >= 0.6 is 22.7 Å². The van der Waals surface area contributed by atoms with Crippen LogP contribution in [0.15, 0.2) is 192 Å². The number of esters is 1. The lowest BCUT2D eigenvalue weighted by atomic mass is 9.75. The van der Waals surface area contributed by atoms with E-state index in [2.05, 4.69) is 61.9 Å². The fraction of sp³-hybridized carbons (Fsp3) is 0.370. The molecule has 0 amide bonds. The SMILES string of the molecule is CC(C)CC(B(O)O)n1cc(-c2ccccc2)nn1.CC(C)CC(B(O)O)n1cc(-c2ccsc2)nn1.CC(C)CC(B(O)O)n1cc(C(=O)O)nn1.CCOC(=O)c1cn(C(CC(C)C)B(O)O)nn1.OB(O)C(Cc1ccccc1)n1cc(-c2ccsc2)nn1.OB(O)C(Cc1ccccc1)n1cc(COc2ccccc2)nn1. The maximum Gasteiger partial charge on any atom is 0.478 e. The molecule has 0 fully saturated rings. The second-order valence-corrected chi connectivity index (χ2v) is 30.0. The molecule has 0 saturated heterocycles. The fourth-order valence-corrected chi connectivity index (χ4v) is 12.7. The van der Waals surface area contributed by atoms with Crippen molar-refractivity contribution in [1.29, 1.82) is 0 Å². The molecule has 43 heteroatoms. The number of hydrogen-bond donors (Lipinski definition) is 13. The summed E-state index contributed by atoms with van der Waals surface area (Å²) in [5, 5.41) is 177. The first-order chi connectivity index (χ1) is 55.5. The fourth-order valence-electron chi connectivity index (χ4n) is 11.4. The third kappa shape index (κ3) is 30.4. The number of ether oxygens (including phenoxy) is 2. The average molecular weight is 1630 g/mol. The van der Waals surface area contributed by atoms with Gasteiger partial charge in [0.2, 0.25) is 0 Å². The standard InChI is InChI=1S/C17H18BN3O3.C14H14BN3O2S.C13H18BN3O2.C11H16BN3O2S.C10H18BN3O4.C8H14BN3O4/c22-18(23)17(11-14-7-3-1-4-8-14)21-12-15(19-20-21)13-24-16-9-5-2-6-10-16;19-15(20)14(8-11-4-2-1-3-5-11)18-9-13(16-17-18)12-6-7-21-10-12;1-10(2)8-13(14(18)19)17-9-12(15-16-17)11-6-4-3-5-7-11;1-8(2)5-11(12(16)17)15-6-10(13-14-15)9-3-4-18-7-9;1-4-18-10(15)8-6-14(13-12-8)9(11(16)17)5-7(2)3;1-5(2)3-7(9(15)16)12-4-6(8(13)14)10-11-12/h1-10,12,17,22-23H,11,13H2;1-7,9-10,14,19-20H,8H2;3-7,9-10,13,18-19H,8H2,1-2H3;3-4,6-8,11,16-17H,5H2,1-2H3;6-7,9,16-17H,4-5H2,1-3H3;4-5,7,15-16H,3H2,1-2H3,(H,13,14). The van der Waals surface area contributed by atoms with Crippen molar-refractivity contribution in [3.63, 3.8) is 0 Å². The Morgan fingerprint density at radius 2 is 0.698 bits per heavy atom. The second-order valence-electron chi connectivity index (χ2n) is 28.4. The lowest BCUT2D eigenvalue weighted by Gasteiger charge is -2.17. The topological polar surface area (TPSA) is 500 Å². The molecule has 12 rings (SSSR count). The number of para-hydroxylation sites is 1. The third-order valence-electron chi connectivity index (χ3n) is 17.2. The minimum Gasteiger partial charge on any atom is -0.487 e. The number of thiophene rings is 2. The highest BCUT2D eigenvalue weighted by Gasteiger charge is 2.33. The van der Waals surface area contributed by atoms with Gasteiger partial charge in [-0.25, -0.2) is 9.59 Å². The highest BCUT2D eigenvalue weighted by atomic mass is 32.1. The Bertz CT molecular complexity index is 4690. The first-order valence-electron chi connectivity index (χ1n) is 37.4. The summed E-state index contributed by atoms with van der Waals surface area (Å²) in [6, 6.07) is 42.3. The molecule has 6 atom stereocenters. The Morgan fingerprint density at radius 3 is 1.04 bits per heavy atom. The van der Waals surface area contributed by atoms with Crippen LogP contribution in [0.3, 0.4) is 0 Å². The zero-order chi connectivity index (χ0) is 84.4. The van der Waals surface area contributed by atoms with Crippen molar-refractivity contribution in [2.45, 2.75) is 143 Å². The highest BCUT2D eigenvalue weighted by molar-refractivity contribution is 7.08. The molecule has 0 aliphatic heterocycles. The van der Waals surface area contributed by atoms with Crippen molar-refractivity contribution in [3.05, 3.63) is 220 Å². The molecule has 4 aromatic carbocycles. The Kier molecular flexibility index (Phi) is 38.2. The normalized spacial score (nSPS) is 12.5. The molecule has 0 aliphatic carbocycles. The number of rotatable bonds is 33. The van der Waals surface area contributed by atoms with Gasteiger partial charge >= 0.3 is 54.6 Å². The van der Waals surface area contributed by atoms with Crippen LogP contribution in [0.1, 0.15) is 161 Å². The van der Waals surface area contributed by atoms with E-state index in [1.54, 1.807) is 54.4 Å². The quantitative estimate of drug-likeness (QED) is 0.0160. The highest BCUT2D eigenvalue weighted by Crippen LogP contribution is 2.28. The lowest BCUT2D eigenvalue weighted by molar-refractivity contribution is 0.0518. The van der Waals surface area contributed by atoms with Crippen molar-refractivity contribution in [3.8, 4) is 39.5 Å². The van der Waals surface area contributed by atoms with E-state index < -0.39 is 90.3 Å². The second kappa shape index (κ2) is 47.7. The van der Waals surface area contributed by atoms with Crippen molar-refractivity contribution in [2.75, 3.05) is 6.61 Å².